The van der Waals surface area contributed by atoms with E-state index in [2.05, 4.69) is 21.2 Å². The molecule has 0 radical (unpaired) electrons. The Kier molecular flexibility index (Phi) is 7.92. The summed E-state index contributed by atoms with van der Waals surface area (Å²) in [7, 11) is -3.69. The number of para-hydroxylation sites is 1. The Labute approximate surface area is 208 Å². The lowest BCUT2D eigenvalue weighted by Crippen LogP contribution is -2.48. The number of sulfone groups is 1. The predicted molar refractivity (Wildman–Crippen MR) is 136 cm³/mol. The summed E-state index contributed by atoms with van der Waals surface area (Å²) in [6, 6.07) is 11.8. The second-order valence-corrected chi connectivity index (χ2v) is 11.4. The number of benzene rings is 2. The van der Waals surface area contributed by atoms with Gasteiger partial charge in [-0.25, -0.2) is 13.4 Å². The van der Waals surface area contributed by atoms with E-state index in [1.54, 1.807) is 11.3 Å². The number of aromatic nitrogens is 1. The average Bonchev–Trinajstić information content (AvgIpc) is 3.25. The second-order valence-electron chi connectivity index (χ2n) is 7.92. The Balaban J connectivity index is 1.23. The van der Waals surface area contributed by atoms with Crippen LogP contribution in [0.1, 0.15) is 6.92 Å². The molecule has 3 aromatic rings. The summed E-state index contributed by atoms with van der Waals surface area (Å²) in [6.07, 6.45) is 0. The number of hydrogen-bond donors (Lipinski definition) is 1. The van der Waals surface area contributed by atoms with Crippen LogP contribution in [-0.2, 0) is 14.6 Å². The summed E-state index contributed by atoms with van der Waals surface area (Å²) in [5, 5.41) is 4.16. The monoisotopic (exact) mass is 522 g/mol. The largest absolute Gasteiger partial charge is 0.492 e. The molecule has 0 atom stereocenters. The number of nitrogens with one attached hydrogen (secondary N) is 1. The highest BCUT2D eigenvalue weighted by Gasteiger charge is 2.22. The summed E-state index contributed by atoms with van der Waals surface area (Å²) in [5.74, 6) is -0.271. The maximum Gasteiger partial charge on any atom is 0.235 e. The number of anilines is 1. The number of nitrogens with zero attached hydrogens (tertiary/aromatic N) is 3. The number of rotatable bonds is 9. The third kappa shape index (κ3) is 5.99. The smallest absolute Gasteiger partial charge is 0.235 e. The van der Waals surface area contributed by atoms with Gasteiger partial charge in [-0.1, -0.05) is 29.0 Å². The molecular weight excluding hydrogens is 496 g/mol. The number of halogens is 1. The van der Waals surface area contributed by atoms with E-state index in [0.29, 0.717) is 24.7 Å². The number of ether oxygens (including phenoxy) is 1. The molecule has 11 heteroatoms. The Bertz CT molecular complexity index is 1240. The van der Waals surface area contributed by atoms with Gasteiger partial charge in [0.25, 0.3) is 0 Å². The number of carbonyl (C=O) groups excluding carboxylic acids is 1. The van der Waals surface area contributed by atoms with E-state index in [-0.39, 0.29) is 4.90 Å². The van der Waals surface area contributed by atoms with Gasteiger partial charge in [-0.15, -0.1) is 0 Å². The van der Waals surface area contributed by atoms with Crippen LogP contribution in [0.15, 0.2) is 47.4 Å². The predicted octanol–water partition coefficient (Wildman–Crippen LogP) is 3.06. The fraction of sp³-hybridized carbons (Fsp3) is 0.391. The van der Waals surface area contributed by atoms with Crippen LogP contribution in [0.4, 0.5) is 5.13 Å². The minimum absolute atomic E-state index is 0.0893. The molecule has 8 nitrogen and oxygen atoms in total. The molecule has 0 spiro atoms. The standard InChI is InChI=1S/C23H27ClN4O4S2/c1-2-32-19-4-3-5-20-22(19)26-23(33-20)28-14-12-27(13-15-28)11-10-25-21(29)16-34(30,31)18-8-6-17(24)7-9-18/h3-9H,2,10-16H2,1H3,(H,25,29). The lowest BCUT2D eigenvalue weighted by atomic mass is 10.3. The molecule has 2 aromatic carbocycles. The van der Waals surface area contributed by atoms with Gasteiger partial charge in [0.2, 0.25) is 5.91 Å². The SMILES string of the molecule is CCOc1cccc2sc(N3CCN(CCNC(=O)CS(=O)(=O)c4ccc(Cl)cc4)CC3)nc12. The van der Waals surface area contributed by atoms with Crippen LogP contribution in [0.5, 0.6) is 5.75 Å². The molecule has 1 amide bonds. The molecule has 0 bridgehead atoms. The number of piperazine rings is 1. The second kappa shape index (κ2) is 10.9. The van der Waals surface area contributed by atoms with Crippen LogP contribution in [0, 0.1) is 0 Å². The van der Waals surface area contributed by atoms with Crippen molar-refractivity contribution in [3.63, 3.8) is 0 Å². The Hall–Kier alpha value is -2.40. The third-order valence-electron chi connectivity index (χ3n) is 5.56. The van der Waals surface area contributed by atoms with Crippen molar-refractivity contribution in [2.45, 2.75) is 11.8 Å². The Morgan fingerprint density at radius 1 is 1.15 bits per heavy atom. The summed E-state index contributed by atoms with van der Waals surface area (Å²) < 4.78 is 31.6. The topological polar surface area (TPSA) is 91.8 Å². The molecule has 0 aliphatic carbocycles. The average molecular weight is 523 g/mol. The van der Waals surface area contributed by atoms with Crippen LogP contribution in [0.2, 0.25) is 5.02 Å². The van der Waals surface area contributed by atoms with Crippen molar-refractivity contribution >= 4 is 54.0 Å². The molecule has 0 unspecified atom stereocenters. The van der Waals surface area contributed by atoms with Crippen LogP contribution in [-0.4, -0.2) is 75.8 Å². The first kappa shape index (κ1) is 24.7. The van der Waals surface area contributed by atoms with E-state index in [0.717, 1.165) is 47.3 Å². The Morgan fingerprint density at radius 2 is 1.88 bits per heavy atom. The number of amides is 1. The van der Waals surface area contributed by atoms with Crippen molar-refractivity contribution in [2.75, 3.05) is 56.5 Å². The van der Waals surface area contributed by atoms with Gasteiger partial charge in [-0.2, -0.15) is 0 Å². The molecule has 0 saturated carbocycles. The lowest BCUT2D eigenvalue weighted by Gasteiger charge is -2.34. The number of fused-ring (bicyclic) bond motifs is 1. The maximum atomic E-state index is 12.4. The molecule has 1 N–H and O–H groups in total. The maximum absolute atomic E-state index is 12.4. The highest BCUT2D eigenvalue weighted by atomic mass is 35.5. The van der Waals surface area contributed by atoms with Crippen molar-refractivity contribution in [3.8, 4) is 5.75 Å². The van der Waals surface area contributed by atoms with Gasteiger partial charge in [0.15, 0.2) is 15.0 Å². The van der Waals surface area contributed by atoms with E-state index in [4.69, 9.17) is 21.3 Å². The summed E-state index contributed by atoms with van der Waals surface area (Å²) in [4.78, 5) is 21.6. The van der Waals surface area contributed by atoms with Gasteiger partial charge in [0.05, 0.1) is 16.2 Å². The van der Waals surface area contributed by atoms with Gasteiger partial charge < -0.3 is 15.0 Å². The number of thiazole rings is 1. The molecule has 1 aliphatic heterocycles. The van der Waals surface area contributed by atoms with Crippen LogP contribution >= 0.6 is 22.9 Å². The van der Waals surface area contributed by atoms with E-state index in [9.17, 15) is 13.2 Å². The first-order chi connectivity index (χ1) is 16.4. The molecule has 1 fully saturated rings. The highest BCUT2D eigenvalue weighted by Crippen LogP contribution is 2.34. The summed E-state index contributed by atoms with van der Waals surface area (Å²) in [5.41, 5.74) is 0.906. The molecule has 34 heavy (non-hydrogen) atoms. The molecule has 1 saturated heterocycles. The molecule has 2 heterocycles. The number of carbonyl (C=O) groups is 1. The third-order valence-corrected chi connectivity index (χ3v) is 8.52. The van der Waals surface area contributed by atoms with Gasteiger partial charge in [-0.05, 0) is 43.3 Å². The van der Waals surface area contributed by atoms with E-state index in [1.807, 2.05) is 19.1 Å². The van der Waals surface area contributed by atoms with Crippen LogP contribution in [0.25, 0.3) is 10.2 Å². The van der Waals surface area contributed by atoms with Crippen LogP contribution in [0.3, 0.4) is 0 Å². The van der Waals surface area contributed by atoms with Gasteiger partial charge >= 0.3 is 0 Å². The van der Waals surface area contributed by atoms with Crippen molar-refractivity contribution in [3.05, 3.63) is 47.5 Å². The Morgan fingerprint density at radius 3 is 2.59 bits per heavy atom. The lowest BCUT2D eigenvalue weighted by molar-refractivity contribution is -0.118. The van der Waals surface area contributed by atoms with Crippen molar-refractivity contribution in [2.24, 2.45) is 0 Å². The zero-order valence-corrected chi connectivity index (χ0v) is 21.3. The van der Waals surface area contributed by atoms with Gasteiger partial charge in [0, 0.05) is 44.3 Å². The quantitative estimate of drug-likeness (QED) is 0.461. The normalized spacial score (nSPS) is 14.9. The van der Waals surface area contributed by atoms with E-state index >= 15 is 0 Å². The highest BCUT2D eigenvalue weighted by molar-refractivity contribution is 7.92. The molecule has 4 rings (SSSR count). The molecule has 182 valence electrons. The summed E-state index contributed by atoms with van der Waals surface area (Å²) >= 11 is 7.47. The van der Waals surface area contributed by atoms with Gasteiger partial charge in [-0.3, -0.25) is 9.69 Å². The summed E-state index contributed by atoms with van der Waals surface area (Å²) in [6.45, 7) is 6.98. The van der Waals surface area contributed by atoms with Crippen molar-refractivity contribution < 1.29 is 17.9 Å². The zero-order valence-electron chi connectivity index (χ0n) is 18.9. The molecule has 1 aliphatic rings. The first-order valence-electron chi connectivity index (χ1n) is 11.1. The first-order valence-corrected chi connectivity index (χ1v) is 13.9. The van der Waals surface area contributed by atoms with Crippen molar-refractivity contribution in [1.29, 1.82) is 0 Å². The molecule has 1 aromatic heterocycles. The minimum atomic E-state index is -3.69. The van der Waals surface area contributed by atoms with E-state index < -0.39 is 21.5 Å². The van der Waals surface area contributed by atoms with Gasteiger partial charge in [0.1, 0.15) is 17.0 Å². The zero-order chi connectivity index (χ0) is 24.1. The molecular formula is C23H27ClN4O4S2. The van der Waals surface area contributed by atoms with E-state index in [1.165, 1.54) is 24.3 Å². The fourth-order valence-corrected chi connectivity index (χ4v) is 6.11. The van der Waals surface area contributed by atoms with Crippen molar-refractivity contribution in [1.82, 2.24) is 15.2 Å². The van der Waals surface area contributed by atoms with Crippen LogP contribution < -0.4 is 15.0 Å². The minimum Gasteiger partial charge on any atom is -0.492 e. The number of hydrogen-bond acceptors (Lipinski definition) is 8. The fourth-order valence-electron chi connectivity index (χ4n) is 3.78.